The third-order valence-corrected chi connectivity index (χ3v) is 3.12. The van der Waals surface area contributed by atoms with E-state index in [9.17, 15) is 0 Å². The van der Waals surface area contributed by atoms with Crippen molar-refractivity contribution < 1.29 is 4.74 Å². The maximum Gasteiger partial charge on any atom is 0.0850 e. The molecule has 3 heteroatoms. The highest BCUT2D eigenvalue weighted by molar-refractivity contribution is 4.78. The van der Waals surface area contributed by atoms with Crippen molar-refractivity contribution in [3.63, 3.8) is 0 Å². The van der Waals surface area contributed by atoms with E-state index >= 15 is 0 Å². The number of rotatable bonds is 5. The van der Waals surface area contributed by atoms with Crippen LogP contribution >= 0.6 is 0 Å². The van der Waals surface area contributed by atoms with Crippen LogP contribution in [0.3, 0.4) is 0 Å². The number of hydrogen-bond donors (Lipinski definition) is 1. The largest absolute Gasteiger partial charge is 0.374 e. The molecule has 3 atom stereocenters. The highest BCUT2D eigenvalue weighted by atomic mass is 16.5. The summed E-state index contributed by atoms with van der Waals surface area (Å²) in [5.74, 6) is 0.793. The van der Waals surface area contributed by atoms with Crippen molar-refractivity contribution in [1.29, 1.82) is 0 Å². The second kappa shape index (κ2) is 6.46. The Morgan fingerprint density at radius 1 is 1.47 bits per heavy atom. The lowest BCUT2D eigenvalue weighted by molar-refractivity contribution is -0.0414. The Morgan fingerprint density at radius 2 is 2.20 bits per heavy atom. The molecule has 2 N–H and O–H groups in total. The first-order valence-electron chi connectivity index (χ1n) is 6.23. The van der Waals surface area contributed by atoms with Crippen molar-refractivity contribution in [2.75, 3.05) is 26.2 Å². The highest BCUT2D eigenvalue weighted by Gasteiger charge is 2.23. The van der Waals surface area contributed by atoms with E-state index in [1.165, 1.54) is 19.4 Å². The monoisotopic (exact) mass is 214 g/mol. The second-order valence-electron chi connectivity index (χ2n) is 4.92. The third kappa shape index (κ3) is 4.49. The fourth-order valence-corrected chi connectivity index (χ4v) is 2.24. The van der Waals surface area contributed by atoms with Gasteiger partial charge in [-0.1, -0.05) is 20.3 Å². The Bertz CT molecular complexity index is 173. The highest BCUT2D eigenvalue weighted by Crippen LogP contribution is 2.12. The summed E-state index contributed by atoms with van der Waals surface area (Å²) >= 11 is 0. The molecule has 0 spiro atoms. The molecule has 0 aromatic heterocycles. The van der Waals surface area contributed by atoms with Crippen LogP contribution in [0.1, 0.15) is 33.6 Å². The summed E-state index contributed by atoms with van der Waals surface area (Å²) in [6.45, 7) is 10.7. The van der Waals surface area contributed by atoms with Crippen LogP contribution in [0.25, 0.3) is 0 Å². The lowest BCUT2D eigenvalue weighted by atomic mass is 10.0. The molecule has 1 rings (SSSR count). The normalized spacial score (nSPS) is 27.6. The molecule has 1 fully saturated rings. The molecule has 0 amide bonds. The third-order valence-electron chi connectivity index (χ3n) is 3.12. The zero-order chi connectivity index (χ0) is 11.3. The second-order valence-corrected chi connectivity index (χ2v) is 4.92. The van der Waals surface area contributed by atoms with E-state index in [4.69, 9.17) is 10.5 Å². The van der Waals surface area contributed by atoms with Gasteiger partial charge < -0.3 is 10.5 Å². The van der Waals surface area contributed by atoms with Gasteiger partial charge in [-0.25, -0.2) is 0 Å². The zero-order valence-electron chi connectivity index (χ0n) is 10.4. The van der Waals surface area contributed by atoms with E-state index in [-0.39, 0.29) is 12.1 Å². The Kier molecular flexibility index (Phi) is 5.58. The fraction of sp³-hybridized carbons (Fsp3) is 1.00. The van der Waals surface area contributed by atoms with Gasteiger partial charge in [-0.05, 0) is 19.3 Å². The Hall–Kier alpha value is -0.120. The van der Waals surface area contributed by atoms with Crippen LogP contribution in [-0.2, 0) is 4.74 Å². The first-order chi connectivity index (χ1) is 7.13. The van der Waals surface area contributed by atoms with E-state index in [1.807, 2.05) is 6.92 Å². The number of nitrogens with two attached hydrogens (primary N) is 1. The van der Waals surface area contributed by atoms with Crippen molar-refractivity contribution in [2.24, 2.45) is 11.7 Å². The number of hydrogen-bond acceptors (Lipinski definition) is 3. The van der Waals surface area contributed by atoms with Crippen molar-refractivity contribution in [1.82, 2.24) is 4.90 Å². The molecule has 3 unspecified atom stereocenters. The van der Waals surface area contributed by atoms with Gasteiger partial charge in [0.1, 0.15) is 0 Å². The Balaban J connectivity index is 2.29. The van der Waals surface area contributed by atoms with Gasteiger partial charge in [0.15, 0.2) is 0 Å². The summed E-state index contributed by atoms with van der Waals surface area (Å²) in [6.07, 6.45) is 2.83. The van der Waals surface area contributed by atoms with E-state index in [0.717, 1.165) is 25.6 Å². The van der Waals surface area contributed by atoms with Crippen molar-refractivity contribution in [3.05, 3.63) is 0 Å². The van der Waals surface area contributed by atoms with Crippen LogP contribution in [-0.4, -0.2) is 43.3 Å². The van der Waals surface area contributed by atoms with Crippen LogP contribution in [0.15, 0.2) is 0 Å². The summed E-state index contributed by atoms with van der Waals surface area (Å²) in [5.41, 5.74) is 5.87. The van der Waals surface area contributed by atoms with Gasteiger partial charge in [0.25, 0.3) is 0 Å². The van der Waals surface area contributed by atoms with E-state index in [1.54, 1.807) is 0 Å². The SMILES string of the molecule is CCCC(C)CN1CCOC(C(C)N)C1. The average Bonchev–Trinajstić information content (AvgIpc) is 2.18. The van der Waals surface area contributed by atoms with Gasteiger partial charge in [0.05, 0.1) is 12.7 Å². The number of ether oxygens (including phenoxy) is 1. The molecule has 0 radical (unpaired) electrons. The molecule has 3 nitrogen and oxygen atoms in total. The van der Waals surface area contributed by atoms with Gasteiger partial charge >= 0.3 is 0 Å². The maximum atomic E-state index is 5.87. The van der Waals surface area contributed by atoms with Gasteiger partial charge in [-0.15, -0.1) is 0 Å². The van der Waals surface area contributed by atoms with Crippen molar-refractivity contribution >= 4 is 0 Å². The molecule has 90 valence electrons. The molecule has 1 saturated heterocycles. The molecular weight excluding hydrogens is 188 g/mol. The lowest BCUT2D eigenvalue weighted by Gasteiger charge is -2.36. The molecule has 0 bridgehead atoms. The molecule has 1 aliphatic rings. The molecule has 1 aliphatic heterocycles. The number of nitrogens with zero attached hydrogens (tertiary/aromatic N) is 1. The zero-order valence-corrected chi connectivity index (χ0v) is 10.4. The van der Waals surface area contributed by atoms with Gasteiger partial charge in [0.2, 0.25) is 0 Å². The summed E-state index contributed by atoms with van der Waals surface area (Å²) in [6, 6.07) is 0.147. The van der Waals surface area contributed by atoms with E-state index in [2.05, 4.69) is 18.7 Å². The van der Waals surface area contributed by atoms with Gasteiger partial charge in [-0.3, -0.25) is 4.90 Å². The van der Waals surface area contributed by atoms with Crippen LogP contribution < -0.4 is 5.73 Å². The molecule has 1 heterocycles. The fourth-order valence-electron chi connectivity index (χ4n) is 2.24. The minimum absolute atomic E-state index is 0.147. The van der Waals surface area contributed by atoms with Crippen molar-refractivity contribution in [3.8, 4) is 0 Å². The summed E-state index contributed by atoms with van der Waals surface area (Å²) < 4.78 is 5.64. The topological polar surface area (TPSA) is 38.5 Å². The smallest absolute Gasteiger partial charge is 0.0850 e. The quantitative estimate of drug-likeness (QED) is 0.753. The predicted molar refractivity (Wildman–Crippen MR) is 63.9 cm³/mol. The van der Waals surface area contributed by atoms with Crippen LogP contribution in [0.2, 0.25) is 0 Å². The van der Waals surface area contributed by atoms with E-state index in [0.29, 0.717) is 0 Å². The first-order valence-corrected chi connectivity index (χ1v) is 6.23. The Morgan fingerprint density at radius 3 is 2.80 bits per heavy atom. The number of morpholine rings is 1. The van der Waals surface area contributed by atoms with Crippen molar-refractivity contribution in [2.45, 2.75) is 45.8 Å². The summed E-state index contributed by atoms with van der Waals surface area (Å²) in [7, 11) is 0. The lowest BCUT2D eigenvalue weighted by Crippen LogP contribution is -2.50. The van der Waals surface area contributed by atoms with Crippen LogP contribution in [0.5, 0.6) is 0 Å². The minimum Gasteiger partial charge on any atom is -0.374 e. The molecule has 15 heavy (non-hydrogen) atoms. The van der Waals surface area contributed by atoms with Crippen LogP contribution in [0.4, 0.5) is 0 Å². The molecule has 0 aliphatic carbocycles. The molecular formula is C12H26N2O. The predicted octanol–water partition coefficient (Wildman–Crippen LogP) is 1.47. The standard InChI is InChI=1S/C12H26N2O/c1-4-5-10(2)8-14-6-7-15-12(9-14)11(3)13/h10-12H,4-9,13H2,1-3H3. The van der Waals surface area contributed by atoms with Crippen LogP contribution in [0, 0.1) is 5.92 Å². The molecule has 0 saturated carbocycles. The Labute approximate surface area is 94.0 Å². The average molecular weight is 214 g/mol. The molecule has 0 aromatic carbocycles. The minimum atomic E-state index is 0.147. The van der Waals surface area contributed by atoms with Gasteiger partial charge in [0, 0.05) is 25.7 Å². The maximum absolute atomic E-state index is 5.87. The first kappa shape index (κ1) is 12.9. The van der Waals surface area contributed by atoms with Gasteiger partial charge in [-0.2, -0.15) is 0 Å². The van der Waals surface area contributed by atoms with E-state index < -0.39 is 0 Å². The summed E-state index contributed by atoms with van der Waals surface area (Å²) in [4.78, 5) is 2.50. The molecule has 0 aromatic rings. The summed E-state index contributed by atoms with van der Waals surface area (Å²) in [5, 5.41) is 0.